The number of hydrogen-bond acceptors (Lipinski definition) is 5. The molecular weight excluding hydrogens is 174 g/mol. The number of aryl methyl sites for hydroxylation is 1. The van der Waals surface area contributed by atoms with Gasteiger partial charge in [-0.3, -0.25) is 4.79 Å². The van der Waals surface area contributed by atoms with Crippen LogP contribution in [0.25, 0.3) is 0 Å². The van der Waals surface area contributed by atoms with Crippen LogP contribution in [0.15, 0.2) is 4.79 Å². The van der Waals surface area contributed by atoms with Crippen LogP contribution in [-0.4, -0.2) is 27.8 Å². The zero-order chi connectivity index (χ0) is 9.84. The van der Waals surface area contributed by atoms with Crippen molar-refractivity contribution in [1.82, 2.24) is 15.2 Å². The zero-order valence-corrected chi connectivity index (χ0v) is 7.33. The largest absolute Gasteiger partial charge is 0.461 e. The lowest BCUT2D eigenvalue weighted by Gasteiger charge is -1.99. The van der Waals surface area contributed by atoms with Crippen LogP contribution >= 0.6 is 0 Å². The SMILES string of the molecule is CCOC(=O)c1nc(C)n[nH]c1=O. The molecule has 6 heteroatoms. The molecule has 1 aromatic rings. The van der Waals surface area contributed by atoms with E-state index >= 15 is 0 Å². The van der Waals surface area contributed by atoms with Gasteiger partial charge in [0, 0.05) is 0 Å². The van der Waals surface area contributed by atoms with E-state index in [1.54, 1.807) is 13.8 Å². The zero-order valence-electron chi connectivity index (χ0n) is 7.33. The lowest BCUT2D eigenvalue weighted by atomic mass is 10.4. The Hall–Kier alpha value is -1.72. The molecule has 70 valence electrons. The fourth-order valence-electron chi connectivity index (χ4n) is 0.760. The van der Waals surface area contributed by atoms with Gasteiger partial charge in [0.15, 0.2) is 0 Å². The van der Waals surface area contributed by atoms with Crippen LogP contribution in [0, 0.1) is 6.92 Å². The van der Waals surface area contributed by atoms with Gasteiger partial charge in [0.05, 0.1) is 6.61 Å². The Morgan fingerprint density at radius 1 is 1.62 bits per heavy atom. The smallest absolute Gasteiger partial charge is 0.362 e. The molecule has 0 saturated heterocycles. The van der Waals surface area contributed by atoms with E-state index in [9.17, 15) is 9.59 Å². The maximum atomic E-state index is 11.1. The molecule has 0 aliphatic heterocycles. The molecule has 0 bridgehead atoms. The molecule has 0 saturated carbocycles. The van der Waals surface area contributed by atoms with E-state index < -0.39 is 11.5 Å². The number of hydrogen-bond donors (Lipinski definition) is 1. The predicted octanol–water partition coefficient (Wildman–Crippen LogP) is -0.350. The Morgan fingerprint density at radius 3 is 2.92 bits per heavy atom. The van der Waals surface area contributed by atoms with E-state index in [1.165, 1.54) is 0 Å². The van der Waals surface area contributed by atoms with E-state index in [0.29, 0.717) is 5.82 Å². The number of aromatic amines is 1. The Balaban J connectivity index is 3.06. The quantitative estimate of drug-likeness (QED) is 0.633. The number of carbonyl (C=O) groups is 1. The summed E-state index contributed by atoms with van der Waals surface area (Å²) >= 11 is 0. The van der Waals surface area contributed by atoms with Gasteiger partial charge in [-0.1, -0.05) is 0 Å². The third-order valence-corrected chi connectivity index (χ3v) is 1.28. The highest BCUT2D eigenvalue weighted by Gasteiger charge is 2.13. The Bertz CT molecular complexity index is 371. The molecule has 1 heterocycles. The summed E-state index contributed by atoms with van der Waals surface area (Å²) in [6.45, 7) is 3.43. The molecule has 13 heavy (non-hydrogen) atoms. The third-order valence-electron chi connectivity index (χ3n) is 1.28. The number of nitrogens with one attached hydrogen (secondary N) is 1. The van der Waals surface area contributed by atoms with E-state index in [1.807, 2.05) is 0 Å². The summed E-state index contributed by atoms with van der Waals surface area (Å²) in [5.74, 6) is -0.406. The monoisotopic (exact) mass is 183 g/mol. The van der Waals surface area contributed by atoms with Crippen LogP contribution in [0.1, 0.15) is 23.2 Å². The highest BCUT2D eigenvalue weighted by molar-refractivity contribution is 5.86. The van der Waals surface area contributed by atoms with Gasteiger partial charge in [0.25, 0.3) is 5.56 Å². The average Bonchev–Trinajstić information content (AvgIpc) is 2.09. The molecule has 0 radical (unpaired) electrons. The van der Waals surface area contributed by atoms with E-state index in [2.05, 4.69) is 19.9 Å². The highest BCUT2D eigenvalue weighted by Crippen LogP contribution is 1.90. The molecule has 0 aromatic carbocycles. The second-order valence-electron chi connectivity index (χ2n) is 2.28. The van der Waals surface area contributed by atoms with Crippen LogP contribution in [0.5, 0.6) is 0 Å². The normalized spacial score (nSPS) is 9.69. The number of rotatable bonds is 2. The van der Waals surface area contributed by atoms with Crippen LogP contribution in [0.3, 0.4) is 0 Å². The summed E-state index contributed by atoms with van der Waals surface area (Å²) in [6.07, 6.45) is 0. The topological polar surface area (TPSA) is 84.9 Å². The first-order valence-corrected chi connectivity index (χ1v) is 3.75. The third kappa shape index (κ3) is 2.11. The average molecular weight is 183 g/mol. The van der Waals surface area contributed by atoms with Gasteiger partial charge < -0.3 is 4.74 Å². The first kappa shape index (κ1) is 9.37. The van der Waals surface area contributed by atoms with Crippen molar-refractivity contribution < 1.29 is 9.53 Å². The van der Waals surface area contributed by atoms with Gasteiger partial charge in [-0.15, -0.1) is 0 Å². The number of aromatic nitrogens is 3. The minimum absolute atomic E-state index is 0.210. The van der Waals surface area contributed by atoms with Crippen molar-refractivity contribution in [2.24, 2.45) is 0 Å². The van der Waals surface area contributed by atoms with Gasteiger partial charge in [-0.25, -0.2) is 14.9 Å². The summed E-state index contributed by atoms with van der Waals surface area (Å²) in [5.41, 5.74) is -0.890. The number of nitrogens with zero attached hydrogens (tertiary/aromatic N) is 2. The van der Waals surface area contributed by atoms with Crippen molar-refractivity contribution in [3.05, 3.63) is 21.9 Å². The summed E-state index contributed by atoms with van der Waals surface area (Å²) in [7, 11) is 0. The Kier molecular flexibility index (Phi) is 2.73. The Morgan fingerprint density at radius 2 is 2.31 bits per heavy atom. The van der Waals surface area contributed by atoms with Crippen molar-refractivity contribution in [2.75, 3.05) is 6.61 Å². The van der Waals surface area contributed by atoms with Gasteiger partial charge in [-0.05, 0) is 13.8 Å². The van der Waals surface area contributed by atoms with E-state index in [0.717, 1.165) is 0 Å². The number of esters is 1. The first-order chi connectivity index (χ1) is 6.15. The minimum Gasteiger partial charge on any atom is -0.461 e. The van der Waals surface area contributed by atoms with Gasteiger partial charge in [-0.2, -0.15) is 5.10 Å². The molecule has 1 rings (SSSR count). The van der Waals surface area contributed by atoms with Crippen molar-refractivity contribution in [3.63, 3.8) is 0 Å². The molecule has 0 aliphatic rings. The van der Waals surface area contributed by atoms with E-state index in [-0.39, 0.29) is 12.3 Å². The molecule has 0 amide bonds. The molecule has 1 N–H and O–H groups in total. The molecule has 0 unspecified atom stereocenters. The second kappa shape index (κ2) is 3.79. The minimum atomic E-state index is -0.728. The van der Waals surface area contributed by atoms with E-state index in [4.69, 9.17) is 0 Å². The molecular formula is C7H9N3O3. The first-order valence-electron chi connectivity index (χ1n) is 3.75. The molecule has 1 aromatic heterocycles. The van der Waals surface area contributed by atoms with Crippen molar-refractivity contribution in [2.45, 2.75) is 13.8 Å². The summed E-state index contributed by atoms with van der Waals surface area (Å²) in [5, 5.41) is 5.66. The molecule has 0 fully saturated rings. The number of ether oxygens (including phenoxy) is 1. The second-order valence-corrected chi connectivity index (χ2v) is 2.28. The predicted molar refractivity (Wildman–Crippen MR) is 43.3 cm³/mol. The summed E-state index contributed by atoms with van der Waals surface area (Å²) in [4.78, 5) is 25.8. The number of H-pyrrole nitrogens is 1. The lowest BCUT2D eigenvalue weighted by Crippen LogP contribution is -2.23. The molecule has 0 atom stereocenters. The van der Waals surface area contributed by atoms with Crippen LogP contribution in [-0.2, 0) is 4.74 Å². The van der Waals surface area contributed by atoms with Crippen LogP contribution < -0.4 is 5.56 Å². The van der Waals surface area contributed by atoms with Crippen LogP contribution in [0.2, 0.25) is 0 Å². The lowest BCUT2D eigenvalue weighted by molar-refractivity contribution is 0.0516. The summed E-state index contributed by atoms with van der Waals surface area (Å²) in [6, 6.07) is 0. The fourth-order valence-corrected chi connectivity index (χ4v) is 0.760. The van der Waals surface area contributed by atoms with Crippen molar-refractivity contribution >= 4 is 5.97 Å². The molecule has 0 spiro atoms. The fraction of sp³-hybridized carbons (Fsp3) is 0.429. The maximum Gasteiger partial charge on any atom is 0.362 e. The summed E-state index contributed by atoms with van der Waals surface area (Å²) < 4.78 is 4.61. The van der Waals surface area contributed by atoms with Crippen molar-refractivity contribution in [3.8, 4) is 0 Å². The number of carbonyl (C=O) groups excluding carboxylic acids is 1. The highest BCUT2D eigenvalue weighted by atomic mass is 16.5. The van der Waals surface area contributed by atoms with Crippen LogP contribution in [0.4, 0.5) is 0 Å². The maximum absolute atomic E-state index is 11.1. The molecule has 0 aliphatic carbocycles. The molecule has 6 nitrogen and oxygen atoms in total. The van der Waals surface area contributed by atoms with Gasteiger partial charge in [0.2, 0.25) is 5.69 Å². The standard InChI is InChI=1S/C7H9N3O3/c1-3-13-7(12)5-6(11)10-9-4(2)8-5/h3H2,1-2H3,(H,10,11). The van der Waals surface area contributed by atoms with Gasteiger partial charge >= 0.3 is 5.97 Å². The van der Waals surface area contributed by atoms with Gasteiger partial charge in [0.1, 0.15) is 5.82 Å². The Labute approximate surface area is 74.0 Å². The van der Waals surface area contributed by atoms with Crippen molar-refractivity contribution in [1.29, 1.82) is 0 Å².